The molecule has 3 saturated heterocycles. The number of nitrogens with zero attached hydrogens (tertiary/aromatic N) is 3. The molecule has 0 aromatic carbocycles. The van der Waals surface area contributed by atoms with E-state index in [2.05, 4.69) is 4.98 Å². The van der Waals surface area contributed by atoms with E-state index in [1.165, 1.54) is 6.42 Å². The molecule has 2 amide bonds. The third kappa shape index (κ3) is 3.66. The number of rotatable bonds is 2. The minimum Gasteiger partial charge on any atom is -0.381 e. The molecule has 1 aromatic rings. The predicted octanol–water partition coefficient (Wildman–Crippen LogP) is 2.80. The van der Waals surface area contributed by atoms with Crippen molar-refractivity contribution in [3.05, 3.63) is 29.6 Å². The van der Waals surface area contributed by atoms with E-state index in [-0.39, 0.29) is 23.3 Å². The van der Waals surface area contributed by atoms with Gasteiger partial charge in [0.1, 0.15) is 6.04 Å². The highest BCUT2D eigenvalue weighted by Gasteiger charge is 2.51. The topological polar surface area (TPSA) is 62.7 Å². The van der Waals surface area contributed by atoms with E-state index in [0.717, 1.165) is 57.3 Å². The van der Waals surface area contributed by atoms with Crippen molar-refractivity contribution >= 4 is 11.8 Å². The Morgan fingerprint density at radius 3 is 2.54 bits per heavy atom. The Labute approximate surface area is 167 Å². The summed E-state index contributed by atoms with van der Waals surface area (Å²) in [6.07, 6.45) is 8.65. The van der Waals surface area contributed by atoms with Gasteiger partial charge in [-0.1, -0.05) is 0 Å². The van der Waals surface area contributed by atoms with Crippen LogP contribution < -0.4 is 0 Å². The fraction of sp³-hybridized carbons (Fsp3) is 0.682. The van der Waals surface area contributed by atoms with Crippen molar-refractivity contribution in [2.75, 3.05) is 32.8 Å². The molecule has 152 valence electrons. The molecular formula is C22H31N3O3. The zero-order valence-electron chi connectivity index (χ0n) is 16.9. The highest BCUT2D eigenvalue weighted by Crippen LogP contribution is 2.45. The number of likely N-dealkylation sites (tertiary alicyclic amines) is 2. The SMILES string of the molecule is Cc1cc(C(=O)N2CCCC3(CCOCC3)C2C(=O)N2CCCCC2)ccn1. The molecule has 1 unspecified atom stereocenters. The number of aryl methyl sites for hydroxylation is 1. The van der Waals surface area contributed by atoms with Crippen molar-refractivity contribution in [2.24, 2.45) is 5.41 Å². The average molecular weight is 386 g/mol. The summed E-state index contributed by atoms with van der Waals surface area (Å²) in [5, 5.41) is 0. The first-order chi connectivity index (χ1) is 13.6. The second-order valence-electron chi connectivity index (χ2n) is 8.55. The van der Waals surface area contributed by atoms with Crippen molar-refractivity contribution in [3.8, 4) is 0 Å². The summed E-state index contributed by atoms with van der Waals surface area (Å²) in [6.45, 7) is 5.54. The normalized spacial score (nSPS) is 25.0. The van der Waals surface area contributed by atoms with Crippen molar-refractivity contribution in [2.45, 2.75) is 57.9 Å². The molecule has 4 rings (SSSR count). The monoisotopic (exact) mass is 385 g/mol. The van der Waals surface area contributed by atoms with Crippen LogP contribution in [0.15, 0.2) is 18.3 Å². The summed E-state index contributed by atoms with van der Waals surface area (Å²) in [4.78, 5) is 35.3. The molecule has 0 N–H and O–H groups in total. The molecule has 0 aliphatic carbocycles. The lowest BCUT2D eigenvalue weighted by Gasteiger charge is -2.52. The highest BCUT2D eigenvalue weighted by atomic mass is 16.5. The predicted molar refractivity (Wildman–Crippen MR) is 106 cm³/mol. The number of pyridine rings is 1. The van der Waals surface area contributed by atoms with E-state index in [0.29, 0.717) is 25.3 Å². The van der Waals surface area contributed by atoms with Crippen molar-refractivity contribution in [3.63, 3.8) is 0 Å². The smallest absolute Gasteiger partial charge is 0.254 e. The summed E-state index contributed by atoms with van der Waals surface area (Å²) in [5.74, 6) is 0.117. The van der Waals surface area contributed by atoms with Gasteiger partial charge in [0.2, 0.25) is 5.91 Å². The molecule has 3 aliphatic rings. The first kappa shape index (κ1) is 19.4. The van der Waals surface area contributed by atoms with Crippen molar-refractivity contribution in [1.29, 1.82) is 0 Å². The minimum atomic E-state index is -0.371. The Kier molecular flexibility index (Phi) is 5.67. The van der Waals surface area contributed by atoms with E-state index in [4.69, 9.17) is 4.74 Å². The second-order valence-corrected chi connectivity index (χ2v) is 8.55. The standard InChI is InChI=1S/C22H31N3O3/c1-17-16-18(6-10-23-17)20(26)25-13-5-7-22(8-14-28-15-9-22)19(25)21(27)24-11-3-2-4-12-24/h6,10,16,19H,2-5,7-9,11-15H2,1H3. The van der Waals surface area contributed by atoms with Gasteiger partial charge in [-0.3, -0.25) is 14.6 Å². The first-order valence-electron chi connectivity index (χ1n) is 10.7. The van der Waals surface area contributed by atoms with E-state index in [1.54, 1.807) is 12.3 Å². The Hall–Kier alpha value is -1.95. The Morgan fingerprint density at radius 2 is 1.82 bits per heavy atom. The summed E-state index contributed by atoms with van der Waals surface area (Å²) in [5.41, 5.74) is 1.30. The lowest BCUT2D eigenvalue weighted by molar-refractivity contribution is -0.149. The molecule has 6 nitrogen and oxygen atoms in total. The molecule has 0 bridgehead atoms. The summed E-state index contributed by atoms with van der Waals surface area (Å²) in [6, 6.07) is 3.23. The molecular weight excluding hydrogens is 354 g/mol. The number of hydrogen-bond acceptors (Lipinski definition) is 4. The molecule has 0 saturated carbocycles. The van der Waals surface area contributed by atoms with Crippen molar-refractivity contribution < 1.29 is 14.3 Å². The number of hydrogen-bond donors (Lipinski definition) is 0. The number of carbonyl (C=O) groups excluding carboxylic acids is 2. The summed E-state index contributed by atoms with van der Waals surface area (Å²) >= 11 is 0. The molecule has 0 radical (unpaired) electrons. The van der Waals surface area contributed by atoms with Gasteiger partial charge in [-0.2, -0.15) is 0 Å². The number of piperidine rings is 2. The van der Waals surface area contributed by atoms with Crippen LogP contribution in [0.2, 0.25) is 0 Å². The quantitative estimate of drug-likeness (QED) is 0.785. The largest absolute Gasteiger partial charge is 0.381 e. The third-order valence-corrected chi connectivity index (χ3v) is 6.76. The third-order valence-electron chi connectivity index (χ3n) is 6.76. The van der Waals surface area contributed by atoms with Crippen LogP contribution in [0.1, 0.15) is 61.0 Å². The molecule has 6 heteroatoms. The van der Waals surface area contributed by atoms with Crippen LogP contribution in [0.25, 0.3) is 0 Å². The maximum Gasteiger partial charge on any atom is 0.254 e. The zero-order chi connectivity index (χ0) is 19.6. The van der Waals surface area contributed by atoms with Crippen LogP contribution >= 0.6 is 0 Å². The summed E-state index contributed by atoms with van der Waals surface area (Å²) in [7, 11) is 0. The van der Waals surface area contributed by atoms with Gasteiger partial charge in [0.15, 0.2) is 0 Å². The van der Waals surface area contributed by atoms with E-state index in [9.17, 15) is 9.59 Å². The molecule has 3 fully saturated rings. The average Bonchev–Trinajstić information content (AvgIpc) is 2.74. The maximum absolute atomic E-state index is 13.7. The Bertz CT molecular complexity index is 718. The van der Waals surface area contributed by atoms with Crippen molar-refractivity contribution in [1.82, 2.24) is 14.8 Å². The van der Waals surface area contributed by atoms with Gasteiger partial charge >= 0.3 is 0 Å². The number of amides is 2. The molecule has 28 heavy (non-hydrogen) atoms. The highest BCUT2D eigenvalue weighted by molar-refractivity contribution is 5.98. The second kappa shape index (κ2) is 8.19. The summed E-state index contributed by atoms with van der Waals surface area (Å²) < 4.78 is 5.63. The van der Waals surface area contributed by atoms with E-state index in [1.807, 2.05) is 22.8 Å². The van der Waals surface area contributed by atoms with Gasteiger partial charge in [-0.25, -0.2) is 0 Å². The van der Waals surface area contributed by atoms with Gasteiger partial charge in [0.05, 0.1) is 0 Å². The van der Waals surface area contributed by atoms with E-state index < -0.39 is 0 Å². The molecule has 1 spiro atoms. The van der Waals surface area contributed by atoms with Crippen LogP contribution in [-0.2, 0) is 9.53 Å². The molecule has 1 atom stereocenters. The van der Waals surface area contributed by atoms with Crippen LogP contribution in [0.5, 0.6) is 0 Å². The van der Waals surface area contributed by atoms with Crippen LogP contribution in [0, 0.1) is 12.3 Å². The fourth-order valence-electron chi connectivity index (χ4n) is 5.24. The van der Waals surface area contributed by atoms with Gasteiger partial charge < -0.3 is 14.5 Å². The maximum atomic E-state index is 13.7. The zero-order valence-corrected chi connectivity index (χ0v) is 16.9. The first-order valence-corrected chi connectivity index (χ1v) is 10.7. The Morgan fingerprint density at radius 1 is 1.07 bits per heavy atom. The van der Waals surface area contributed by atoms with Crippen LogP contribution in [0.3, 0.4) is 0 Å². The number of carbonyl (C=O) groups is 2. The van der Waals surface area contributed by atoms with Gasteiger partial charge in [0, 0.05) is 55.7 Å². The Balaban J connectivity index is 1.68. The van der Waals surface area contributed by atoms with Gasteiger partial charge in [0.25, 0.3) is 5.91 Å². The lowest BCUT2D eigenvalue weighted by Crippen LogP contribution is -2.63. The lowest BCUT2D eigenvalue weighted by atomic mass is 9.67. The van der Waals surface area contributed by atoms with E-state index >= 15 is 0 Å². The molecule has 3 aliphatic heterocycles. The van der Waals surface area contributed by atoms with Crippen LogP contribution in [-0.4, -0.2) is 65.5 Å². The molecule has 4 heterocycles. The number of aromatic nitrogens is 1. The van der Waals surface area contributed by atoms with Crippen LogP contribution in [0.4, 0.5) is 0 Å². The minimum absolute atomic E-state index is 0.0357. The fourth-order valence-corrected chi connectivity index (χ4v) is 5.24. The van der Waals surface area contributed by atoms with Gasteiger partial charge in [-0.15, -0.1) is 0 Å². The molecule has 1 aromatic heterocycles. The number of ether oxygens (including phenoxy) is 1. The van der Waals surface area contributed by atoms with Gasteiger partial charge in [-0.05, 0) is 64.0 Å².